The number of aliphatic imine (C=N–C) groups is 4. The van der Waals surface area contributed by atoms with E-state index in [1.807, 2.05) is 0 Å². The molecular weight excluding hydrogens is 991 g/mol. The van der Waals surface area contributed by atoms with Crippen molar-refractivity contribution in [2.75, 3.05) is 0 Å². The van der Waals surface area contributed by atoms with Crippen LogP contribution in [0.2, 0.25) is 0 Å². The van der Waals surface area contributed by atoms with Crippen LogP contribution in [-0.2, 0) is 21.7 Å². The standard InChI is InChI=1S/C68H64N8.Al.ClH/c1-13-65(5,6)45-21-17-37-29-49-53(33-41(37)25-45)61-69-57(49)74-62-55-35-43-27-47(67(9,10)15-3)23-19-39(43)31-51(55)59(71-62)76-64-56-36-44-28-48(68(11,12)16-4)24-20-40(44)32-52(56)60(72-64)75-63-54-34-42-26-46(66(7,8)14-2)22-18-38(42)30-50(54)58(70-63)73-61;;/h17-36H,13-16H2,1-12H3;;1H/q-2;+3;/p-1. The van der Waals surface area contributed by atoms with Crippen LogP contribution in [0.25, 0.3) is 64.6 Å². The number of hydrogen-bond acceptors (Lipinski definition) is 6. The van der Waals surface area contributed by atoms with Gasteiger partial charge in [0.05, 0.1) is 0 Å². The lowest BCUT2D eigenvalue weighted by molar-refractivity contribution is 0.507. The third-order valence-corrected chi connectivity index (χ3v) is 22.1. The maximum Gasteiger partial charge on any atom is 0.722 e. The van der Waals surface area contributed by atoms with Crippen LogP contribution >= 0.6 is 10.0 Å². The highest BCUT2D eigenvalue weighted by atomic mass is 35.6. The molecule has 8 aromatic carbocycles. The van der Waals surface area contributed by atoms with Gasteiger partial charge in [0.25, 0.3) is 0 Å². The van der Waals surface area contributed by atoms with Gasteiger partial charge >= 0.3 is 13.7 Å². The van der Waals surface area contributed by atoms with Crippen molar-refractivity contribution >= 4 is 123 Å². The van der Waals surface area contributed by atoms with Crippen molar-refractivity contribution in [3.63, 3.8) is 0 Å². The summed E-state index contributed by atoms with van der Waals surface area (Å²) in [6.07, 6.45) is 4.08. The van der Waals surface area contributed by atoms with Crippen molar-refractivity contribution < 1.29 is 0 Å². The summed E-state index contributed by atoms with van der Waals surface area (Å²) in [5.74, 6) is 3.83. The third-order valence-electron chi connectivity index (χ3n) is 19.1. The first-order chi connectivity index (χ1) is 37.3. The van der Waals surface area contributed by atoms with Gasteiger partial charge in [-0.05, 0) is 161 Å². The number of benzene rings is 8. The molecular formula is C68H64AlClN8. The van der Waals surface area contributed by atoms with Crippen molar-refractivity contribution in [3.05, 3.63) is 177 Å². The molecule has 0 saturated heterocycles. The number of fused-ring (bicyclic) bond motifs is 18. The van der Waals surface area contributed by atoms with Crippen molar-refractivity contribution in [2.24, 2.45) is 30.0 Å². The lowest BCUT2D eigenvalue weighted by Crippen LogP contribution is -2.43. The molecule has 6 heterocycles. The SMILES string of the molecule is CCC(C)(C)c1ccc2cc3c(cc2c1)C1=NC3=Nc2c3cc4cc(C(C)(C)CC)ccc4cc3c3[n]2[Al]([Cl])[n]2c(c4cc5ccc(C(C)(C)CC)cc5cc4c2=NC2=NC(=N3)c3cc4cc(C(C)(C)CC)ccc4cc32)=N1. The Morgan fingerprint density at radius 2 is 0.615 bits per heavy atom. The molecule has 6 bridgehead atoms. The summed E-state index contributed by atoms with van der Waals surface area (Å²) in [4.78, 5) is 34.0. The van der Waals surface area contributed by atoms with E-state index in [1.165, 1.54) is 22.3 Å². The van der Waals surface area contributed by atoms with Crippen LogP contribution in [0.4, 0.5) is 11.6 Å². The largest absolute Gasteiger partial charge is 0.722 e. The Morgan fingerprint density at radius 3 is 0.974 bits per heavy atom. The topological polar surface area (TPSA) is 84.0 Å². The van der Waals surface area contributed by atoms with Crippen LogP contribution in [0.5, 0.6) is 0 Å². The Bertz CT molecular complexity index is 4630. The van der Waals surface area contributed by atoms with Gasteiger partial charge in [-0.15, -0.1) is 0 Å². The van der Waals surface area contributed by atoms with Crippen molar-refractivity contribution in [3.8, 4) is 0 Å². The zero-order chi connectivity index (χ0) is 54.1. The van der Waals surface area contributed by atoms with E-state index in [4.69, 9.17) is 40.0 Å². The summed E-state index contributed by atoms with van der Waals surface area (Å²) in [7, 11) is 8.54. The second kappa shape index (κ2) is 17.0. The predicted octanol–water partition coefficient (Wildman–Crippen LogP) is 16.5. The Balaban J connectivity index is 1.16. The van der Waals surface area contributed by atoms with E-state index in [0.717, 1.165) is 113 Å². The molecule has 2 aromatic heterocycles. The first-order valence-electron chi connectivity index (χ1n) is 28.1. The second-order valence-electron chi connectivity index (χ2n) is 25.1. The summed E-state index contributed by atoms with van der Waals surface area (Å²) >= 11 is -3.08. The molecule has 386 valence electrons. The van der Waals surface area contributed by atoms with Gasteiger partial charge in [-0.3, -0.25) is 0 Å². The molecule has 8 nitrogen and oxygen atoms in total. The molecule has 0 saturated carbocycles. The predicted molar refractivity (Wildman–Crippen MR) is 330 cm³/mol. The smallest absolute Gasteiger partial charge is 0.370 e. The average Bonchev–Trinajstić information content (AvgIpc) is 4.31. The summed E-state index contributed by atoms with van der Waals surface area (Å²) in [6.45, 7) is 27.6. The van der Waals surface area contributed by atoms with Gasteiger partial charge in [0.1, 0.15) is 22.6 Å². The molecule has 10 aromatic rings. The maximum atomic E-state index is 8.54. The molecule has 10 heteroatoms. The van der Waals surface area contributed by atoms with E-state index in [2.05, 4.69) is 212 Å². The first kappa shape index (κ1) is 49.3. The van der Waals surface area contributed by atoms with E-state index in [-0.39, 0.29) is 21.7 Å². The van der Waals surface area contributed by atoms with E-state index in [0.29, 0.717) is 46.0 Å². The van der Waals surface area contributed by atoms with E-state index in [1.54, 1.807) is 0 Å². The van der Waals surface area contributed by atoms with Crippen LogP contribution in [0.1, 0.15) is 153 Å². The number of nitrogens with zero attached hydrogens (tertiary/aromatic N) is 8. The minimum Gasteiger partial charge on any atom is -0.370 e. The van der Waals surface area contributed by atoms with Crippen molar-refractivity contribution in [1.82, 2.24) is 7.10 Å². The van der Waals surface area contributed by atoms with Gasteiger partial charge < -0.3 is 7.10 Å². The molecule has 4 aliphatic rings. The molecule has 0 N–H and O–H groups in total. The molecule has 0 spiro atoms. The average molecular weight is 1060 g/mol. The number of aromatic nitrogens is 2. The molecule has 4 aliphatic heterocycles. The Morgan fingerprint density at radius 1 is 0.333 bits per heavy atom. The lowest BCUT2D eigenvalue weighted by Gasteiger charge is -2.23. The van der Waals surface area contributed by atoms with Crippen LogP contribution in [-0.4, -0.2) is 44.1 Å². The summed E-state index contributed by atoms with van der Waals surface area (Å²) in [6, 6.07) is 45.9. The number of hydrogen-bond donors (Lipinski definition) is 0. The van der Waals surface area contributed by atoms with Gasteiger partial charge in [-0.1, -0.05) is 156 Å². The normalized spacial score (nSPS) is 15.2. The molecule has 0 unspecified atom stereocenters. The van der Waals surface area contributed by atoms with Crippen LogP contribution in [0.15, 0.2) is 151 Å². The monoisotopic (exact) mass is 1050 g/mol. The minimum atomic E-state index is -3.08. The zero-order valence-electron chi connectivity index (χ0n) is 46.9. The van der Waals surface area contributed by atoms with E-state index >= 15 is 0 Å². The highest BCUT2D eigenvalue weighted by Crippen LogP contribution is 2.45. The first-order valence-corrected chi connectivity index (χ1v) is 30.9. The molecule has 0 amide bonds. The van der Waals surface area contributed by atoms with Crippen LogP contribution in [0.3, 0.4) is 0 Å². The maximum absolute atomic E-state index is 8.54. The Hall–Kier alpha value is -7.02. The quantitative estimate of drug-likeness (QED) is 0.136. The molecule has 14 rings (SSSR count). The molecule has 0 aliphatic carbocycles. The van der Waals surface area contributed by atoms with Gasteiger partial charge in [0.2, 0.25) is 0 Å². The fraction of sp³-hybridized carbons (Fsp3) is 0.294. The number of amidine groups is 4. The Kier molecular flexibility index (Phi) is 10.7. The number of rotatable bonds is 8. The highest BCUT2D eigenvalue weighted by Gasteiger charge is 2.39. The van der Waals surface area contributed by atoms with Crippen molar-refractivity contribution in [1.29, 1.82) is 0 Å². The zero-order valence-corrected chi connectivity index (χ0v) is 48.8. The van der Waals surface area contributed by atoms with Crippen molar-refractivity contribution in [2.45, 2.75) is 130 Å². The second-order valence-corrected chi connectivity index (χ2v) is 27.9. The lowest BCUT2D eigenvalue weighted by atomic mass is 9.81. The minimum absolute atomic E-state index is 0.0104. The number of halogens is 1. The summed E-state index contributed by atoms with van der Waals surface area (Å²) in [5, 5.41) is 12.8. The summed E-state index contributed by atoms with van der Waals surface area (Å²) < 4.78 is 4.47. The fourth-order valence-electron chi connectivity index (χ4n) is 12.1. The van der Waals surface area contributed by atoms with Crippen LogP contribution in [0, 0.1) is 0 Å². The molecule has 78 heavy (non-hydrogen) atoms. The van der Waals surface area contributed by atoms with Gasteiger partial charge in [-0.2, -0.15) is 10.0 Å². The summed E-state index contributed by atoms with van der Waals surface area (Å²) in [5.41, 5.74) is 10.4. The van der Waals surface area contributed by atoms with Gasteiger partial charge in [0.15, 0.2) is 23.3 Å². The van der Waals surface area contributed by atoms with E-state index < -0.39 is 13.7 Å². The van der Waals surface area contributed by atoms with Crippen LogP contribution < -0.4 is 11.0 Å². The molecule has 0 atom stereocenters. The Labute approximate surface area is 464 Å². The highest BCUT2D eigenvalue weighted by molar-refractivity contribution is 7.05. The molecule has 0 radical (unpaired) electrons. The van der Waals surface area contributed by atoms with E-state index in [9.17, 15) is 0 Å². The van der Waals surface area contributed by atoms with Gasteiger partial charge in [0, 0.05) is 43.8 Å². The third kappa shape index (κ3) is 7.30. The molecule has 0 fully saturated rings. The van der Waals surface area contributed by atoms with Gasteiger partial charge in [-0.25, -0.2) is 30.0 Å². The fourth-order valence-corrected chi connectivity index (χ4v) is 15.0.